The Bertz CT molecular complexity index is 498. The summed E-state index contributed by atoms with van der Waals surface area (Å²) in [5, 5.41) is 10.1. The lowest BCUT2D eigenvalue weighted by Crippen LogP contribution is -2.00. The van der Waals surface area contributed by atoms with Crippen molar-refractivity contribution in [3.05, 3.63) is 50.4 Å². The van der Waals surface area contributed by atoms with E-state index in [0.29, 0.717) is 6.42 Å². The van der Waals surface area contributed by atoms with Crippen LogP contribution in [0.1, 0.15) is 28.3 Å². The average Bonchev–Trinajstić information content (AvgIpc) is 2.77. The van der Waals surface area contributed by atoms with Gasteiger partial charge in [-0.15, -0.1) is 11.3 Å². The summed E-state index contributed by atoms with van der Waals surface area (Å²) in [5.41, 5.74) is 0.853. The largest absolute Gasteiger partial charge is 0.388 e. The molecule has 0 aliphatic carbocycles. The Labute approximate surface area is 113 Å². The average molecular weight is 312 g/mol. The predicted molar refractivity (Wildman–Crippen MR) is 74.3 cm³/mol. The van der Waals surface area contributed by atoms with E-state index in [1.54, 1.807) is 23.7 Å². The number of hydrogen-bond donors (Lipinski definition) is 1. The Morgan fingerprint density at radius 2 is 2.12 bits per heavy atom. The predicted octanol–water partition coefficient (Wildman–Crippen LogP) is 3.74. The second kappa shape index (κ2) is 5.76. The van der Waals surface area contributed by atoms with Crippen LogP contribution in [0.25, 0.3) is 0 Å². The second-order valence-corrected chi connectivity index (χ2v) is 6.05. The molecule has 0 saturated carbocycles. The molecule has 0 fully saturated rings. The van der Waals surface area contributed by atoms with E-state index < -0.39 is 6.10 Å². The summed E-state index contributed by atoms with van der Waals surface area (Å²) in [5.74, 6) is 0. The Morgan fingerprint density at radius 1 is 1.35 bits per heavy atom. The van der Waals surface area contributed by atoms with Crippen molar-refractivity contribution in [1.29, 1.82) is 0 Å². The summed E-state index contributed by atoms with van der Waals surface area (Å²) in [6.45, 7) is 2.14. The van der Waals surface area contributed by atoms with Crippen molar-refractivity contribution >= 4 is 27.3 Å². The Morgan fingerprint density at radius 3 is 2.76 bits per heavy atom. The molecule has 0 aliphatic rings. The minimum absolute atomic E-state index is 0.483. The van der Waals surface area contributed by atoms with Crippen LogP contribution < -0.4 is 0 Å². The van der Waals surface area contributed by atoms with Crippen LogP contribution in [-0.4, -0.2) is 10.1 Å². The van der Waals surface area contributed by atoms with E-state index in [1.807, 2.05) is 6.07 Å². The maximum absolute atomic E-state index is 10.1. The maximum atomic E-state index is 10.1. The summed E-state index contributed by atoms with van der Waals surface area (Å²) in [4.78, 5) is 6.64. The number of aliphatic hydroxyl groups is 1. The number of rotatable bonds is 4. The number of hydrogen-bond acceptors (Lipinski definition) is 3. The third-order valence-corrected chi connectivity index (χ3v) is 4.26. The molecule has 1 N–H and O–H groups in total. The van der Waals surface area contributed by atoms with Gasteiger partial charge >= 0.3 is 0 Å². The van der Waals surface area contributed by atoms with Crippen LogP contribution in [0, 0.1) is 0 Å². The van der Waals surface area contributed by atoms with Gasteiger partial charge in [-0.1, -0.05) is 6.92 Å². The summed E-state index contributed by atoms with van der Waals surface area (Å²) in [7, 11) is 0. The summed E-state index contributed by atoms with van der Waals surface area (Å²) in [6.07, 6.45) is 4.66. The van der Waals surface area contributed by atoms with E-state index in [0.717, 1.165) is 16.5 Å². The topological polar surface area (TPSA) is 33.1 Å². The fourth-order valence-electron chi connectivity index (χ4n) is 1.64. The van der Waals surface area contributed by atoms with Crippen LogP contribution in [0.15, 0.2) is 35.1 Å². The van der Waals surface area contributed by atoms with Gasteiger partial charge < -0.3 is 5.11 Å². The van der Waals surface area contributed by atoms with Gasteiger partial charge in [-0.25, -0.2) is 0 Å². The molecule has 2 rings (SSSR count). The molecule has 2 nitrogen and oxygen atoms in total. The van der Waals surface area contributed by atoms with E-state index in [9.17, 15) is 5.11 Å². The van der Waals surface area contributed by atoms with Crippen molar-refractivity contribution in [3.63, 3.8) is 0 Å². The molecule has 0 saturated heterocycles. The van der Waals surface area contributed by atoms with Crippen LogP contribution in [0.5, 0.6) is 0 Å². The van der Waals surface area contributed by atoms with Crippen molar-refractivity contribution in [3.8, 4) is 0 Å². The Kier molecular flexibility index (Phi) is 4.31. The molecule has 2 aromatic heterocycles. The SMILES string of the molecule is CCc1ccc(CC(O)c2cncc(Br)c2)s1. The lowest BCUT2D eigenvalue weighted by molar-refractivity contribution is 0.179. The van der Waals surface area contributed by atoms with Gasteiger partial charge in [-0.3, -0.25) is 4.98 Å². The van der Waals surface area contributed by atoms with Crippen LogP contribution >= 0.6 is 27.3 Å². The highest BCUT2D eigenvalue weighted by Gasteiger charge is 2.10. The molecule has 4 heteroatoms. The highest BCUT2D eigenvalue weighted by Crippen LogP contribution is 2.25. The first-order valence-electron chi connectivity index (χ1n) is 5.55. The van der Waals surface area contributed by atoms with Crippen molar-refractivity contribution in [1.82, 2.24) is 4.98 Å². The number of aliphatic hydroxyl groups excluding tert-OH is 1. The number of halogens is 1. The zero-order valence-corrected chi connectivity index (χ0v) is 12.0. The second-order valence-electron chi connectivity index (χ2n) is 3.88. The van der Waals surface area contributed by atoms with Crippen LogP contribution in [-0.2, 0) is 12.8 Å². The molecule has 0 radical (unpaired) electrons. The molecule has 2 heterocycles. The van der Waals surface area contributed by atoms with Gasteiger partial charge in [0.2, 0.25) is 0 Å². The number of aromatic nitrogens is 1. The van der Waals surface area contributed by atoms with E-state index in [1.165, 1.54) is 9.75 Å². The van der Waals surface area contributed by atoms with Gasteiger partial charge in [0.05, 0.1) is 6.10 Å². The molecule has 0 aromatic carbocycles. The zero-order valence-electron chi connectivity index (χ0n) is 9.56. The van der Waals surface area contributed by atoms with Crippen molar-refractivity contribution in [2.45, 2.75) is 25.9 Å². The quantitative estimate of drug-likeness (QED) is 0.933. The summed E-state index contributed by atoms with van der Waals surface area (Å²) in [6, 6.07) is 6.13. The third kappa shape index (κ3) is 3.37. The van der Waals surface area contributed by atoms with Gasteiger partial charge in [-0.05, 0) is 40.5 Å². The smallest absolute Gasteiger partial charge is 0.0853 e. The fraction of sp³-hybridized carbons (Fsp3) is 0.308. The van der Waals surface area contributed by atoms with Crippen molar-refractivity contribution in [2.24, 2.45) is 0 Å². The first-order chi connectivity index (χ1) is 8.19. The van der Waals surface area contributed by atoms with E-state index in [4.69, 9.17) is 0 Å². The highest BCUT2D eigenvalue weighted by atomic mass is 79.9. The van der Waals surface area contributed by atoms with E-state index >= 15 is 0 Å². The molecule has 0 amide bonds. The molecule has 0 bridgehead atoms. The minimum Gasteiger partial charge on any atom is -0.388 e. The van der Waals surface area contributed by atoms with Crippen molar-refractivity contribution < 1.29 is 5.11 Å². The minimum atomic E-state index is -0.483. The number of aryl methyl sites for hydroxylation is 1. The van der Waals surface area contributed by atoms with Crippen LogP contribution in [0.4, 0.5) is 0 Å². The maximum Gasteiger partial charge on any atom is 0.0853 e. The summed E-state index contributed by atoms with van der Waals surface area (Å²) >= 11 is 5.13. The van der Waals surface area contributed by atoms with Crippen molar-refractivity contribution in [2.75, 3.05) is 0 Å². The molecule has 1 atom stereocenters. The van der Waals surface area contributed by atoms with Gasteiger partial charge in [0, 0.05) is 38.6 Å². The lowest BCUT2D eigenvalue weighted by Gasteiger charge is -2.09. The molecule has 1 unspecified atom stereocenters. The van der Waals surface area contributed by atoms with Crippen LogP contribution in [0.3, 0.4) is 0 Å². The monoisotopic (exact) mass is 311 g/mol. The van der Waals surface area contributed by atoms with Gasteiger partial charge in [0.15, 0.2) is 0 Å². The molecular weight excluding hydrogens is 298 g/mol. The van der Waals surface area contributed by atoms with Gasteiger partial charge in [0.1, 0.15) is 0 Å². The normalized spacial score (nSPS) is 12.6. The molecule has 2 aromatic rings. The Balaban J connectivity index is 2.08. The number of thiophene rings is 1. The molecular formula is C13H14BrNOS. The standard InChI is InChI=1S/C13H14BrNOS/c1-2-11-3-4-12(17-11)6-13(16)9-5-10(14)8-15-7-9/h3-5,7-8,13,16H,2,6H2,1H3. The number of nitrogens with zero attached hydrogens (tertiary/aromatic N) is 1. The zero-order chi connectivity index (χ0) is 12.3. The van der Waals surface area contributed by atoms with E-state index in [-0.39, 0.29) is 0 Å². The fourth-order valence-corrected chi connectivity index (χ4v) is 3.02. The van der Waals surface area contributed by atoms with E-state index in [2.05, 4.69) is 40.0 Å². The number of pyridine rings is 1. The first kappa shape index (κ1) is 12.7. The first-order valence-corrected chi connectivity index (χ1v) is 7.16. The Hall–Kier alpha value is -0.710. The van der Waals surface area contributed by atoms with Gasteiger partial charge in [-0.2, -0.15) is 0 Å². The lowest BCUT2D eigenvalue weighted by atomic mass is 10.1. The van der Waals surface area contributed by atoms with Gasteiger partial charge in [0.25, 0.3) is 0 Å². The third-order valence-electron chi connectivity index (χ3n) is 2.57. The molecule has 0 aliphatic heterocycles. The highest BCUT2D eigenvalue weighted by molar-refractivity contribution is 9.10. The molecule has 17 heavy (non-hydrogen) atoms. The summed E-state index contributed by atoms with van der Waals surface area (Å²) < 4.78 is 0.898. The molecule has 0 spiro atoms. The molecule has 90 valence electrons. The van der Waals surface area contributed by atoms with Crippen LogP contribution in [0.2, 0.25) is 0 Å².